The Morgan fingerprint density at radius 1 is 1.54 bits per heavy atom. The number of thiazole rings is 1. The van der Waals surface area contributed by atoms with Crippen LogP contribution >= 0.6 is 11.3 Å². The van der Waals surface area contributed by atoms with Gasteiger partial charge in [-0.2, -0.15) is 0 Å². The highest BCUT2D eigenvalue weighted by molar-refractivity contribution is 7.15. The second-order valence-corrected chi connectivity index (χ2v) is 4.77. The van der Waals surface area contributed by atoms with Crippen molar-refractivity contribution >= 4 is 24.4 Å². The SMILES string of the molecule is BN1CCC(c2cnc(N)s2)CC1. The highest BCUT2D eigenvalue weighted by Crippen LogP contribution is 2.31. The molecule has 1 fully saturated rings. The number of aromatic nitrogens is 1. The largest absolute Gasteiger partial charge is 0.375 e. The molecule has 0 atom stereocenters. The van der Waals surface area contributed by atoms with Crippen LogP contribution in [0, 0.1) is 0 Å². The number of piperidine rings is 1. The first-order valence-electron chi connectivity index (χ1n) is 4.65. The number of nitrogen functional groups attached to an aromatic ring is 1. The molecule has 2 rings (SSSR count). The van der Waals surface area contributed by atoms with E-state index in [-0.39, 0.29) is 0 Å². The number of nitrogens with two attached hydrogens (primary N) is 1. The van der Waals surface area contributed by atoms with Crippen LogP contribution in [-0.4, -0.2) is 30.9 Å². The van der Waals surface area contributed by atoms with E-state index in [2.05, 4.69) is 17.8 Å². The third-order valence-corrected chi connectivity index (χ3v) is 3.65. The first-order valence-corrected chi connectivity index (χ1v) is 5.47. The van der Waals surface area contributed by atoms with Crippen LogP contribution in [0.4, 0.5) is 5.13 Å². The molecule has 1 aliphatic rings. The highest BCUT2D eigenvalue weighted by atomic mass is 32.1. The average molecular weight is 195 g/mol. The van der Waals surface area contributed by atoms with E-state index >= 15 is 0 Å². The first kappa shape index (κ1) is 9.03. The van der Waals surface area contributed by atoms with Crippen molar-refractivity contribution in [1.82, 2.24) is 9.79 Å². The molecular weight excluding hydrogens is 181 g/mol. The van der Waals surface area contributed by atoms with E-state index in [0.717, 1.165) is 0 Å². The molecule has 3 nitrogen and oxygen atoms in total. The van der Waals surface area contributed by atoms with Crippen molar-refractivity contribution in [2.24, 2.45) is 0 Å². The summed E-state index contributed by atoms with van der Waals surface area (Å²) in [5.74, 6) is 0.700. The number of hydrogen-bond acceptors (Lipinski definition) is 4. The monoisotopic (exact) mass is 195 g/mol. The van der Waals surface area contributed by atoms with Crippen LogP contribution in [0.5, 0.6) is 0 Å². The van der Waals surface area contributed by atoms with E-state index in [1.807, 2.05) is 6.20 Å². The van der Waals surface area contributed by atoms with Crippen LogP contribution in [0.15, 0.2) is 6.20 Å². The van der Waals surface area contributed by atoms with Gasteiger partial charge in [-0.1, -0.05) is 0 Å². The predicted molar refractivity (Wildman–Crippen MR) is 58.6 cm³/mol. The maximum Gasteiger partial charge on any atom is 0.185 e. The lowest BCUT2D eigenvalue weighted by Crippen LogP contribution is -2.30. The smallest absolute Gasteiger partial charge is 0.185 e. The molecular formula is C8H14BN3S. The molecule has 0 radical (unpaired) electrons. The van der Waals surface area contributed by atoms with Gasteiger partial charge in [0, 0.05) is 11.1 Å². The van der Waals surface area contributed by atoms with E-state index in [1.54, 1.807) is 11.3 Å². The van der Waals surface area contributed by atoms with Crippen LogP contribution in [0.3, 0.4) is 0 Å². The molecule has 1 aromatic heterocycles. The minimum absolute atomic E-state index is 0.700. The van der Waals surface area contributed by atoms with Crippen molar-refractivity contribution in [2.45, 2.75) is 18.8 Å². The van der Waals surface area contributed by atoms with E-state index in [1.165, 1.54) is 30.8 Å². The summed E-state index contributed by atoms with van der Waals surface area (Å²) in [6, 6.07) is 0. The molecule has 0 spiro atoms. The molecule has 2 N–H and O–H groups in total. The van der Waals surface area contributed by atoms with Gasteiger partial charge in [0.2, 0.25) is 0 Å². The van der Waals surface area contributed by atoms with Gasteiger partial charge in [0.1, 0.15) is 0 Å². The maximum absolute atomic E-state index is 5.61. The van der Waals surface area contributed by atoms with Crippen LogP contribution in [0.2, 0.25) is 0 Å². The van der Waals surface area contributed by atoms with E-state index in [4.69, 9.17) is 5.73 Å². The fraction of sp³-hybridized carbons (Fsp3) is 0.625. The number of rotatable bonds is 1. The zero-order valence-electron chi connectivity index (χ0n) is 7.86. The second kappa shape index (κ2) is 3.68. The van der Waals surface area contributed by atoms with Crippen LogP contribution < -0.4 is 5.73 Å². The normalized spacial score (nSPS) is 20.6. The summed E-state index contributed by atoms with van der Waals surface area (Å²) in [5.41, 5.74) is 5.61. The van der Waals surface area contributed by atoms with Gasteiger partial charge >= 0.3 is 0 Å². The molecule has 5 heteroatoms. The van der Waals surface area contributed by atoms with Crippen molar-refractivity contribution in [1.29, 1.82) is 0 Å². The molecule has 0 unspecified atom stereocenters. The fourth-order valence-corrected chi connectivity index (χ4v) is 2.64. The Morgan fingerprint density at radius 3 is 2.77 bits per heavy atom. The molecule has 0 saturated carbocycles. The van der Waals surface area contributed by atoms with E-state index < -0.39 is 0 Å². The standard InChI is InChI=1S/C8H14BN3S/c9-12-3-1-6(2-4-12)7-5-11-8(10)13-7/h5-6H,1-4,9H2,(H2,10,11). The molecule has 0 aromatic carbocycles. The summed E-state index contributed by atoms with van der Waals surface area (Å²) in [7, 11) is 2.18. The summed E-state index contributed by atoms with van der Waals surface area (Å²) in [4.78, 5) is 7.84. The Kier molecular flexibility index (Phi) is 2.55. The van der Waals surface area contributed by atoms with Gasteiger partial charge in [0.15, 0.2) is 13.1 Å². The molecule has 2 heterocycles. The Bertz CT molecular complexity index is 281. The number of hydrogen-bond donors (Lipinski definition) is 1. The van der Waals surface area contributed by atoms with Crippen molar-refractivity contribution in [2.75, 3.05) is 18.8 Å². The molecule has 0 amide bonds. The summed E-state index contributed by atoms with van der Waals surface area (Å²) >= 11 is 1.64. The Morgan fingerprint density at radius 2 is 2.23 bits per heavy atom. The molecule has 0 bridgehead atoms. The van der Waals surface area contributed by atoms with E-state index in [9.17, 15) is 0 Å². The maximum atomic E-state index is 5.61. The second-order valence-electron chi connectivity index (χ2n) is 3.68. The van der Waals surface area contributed by atoms with Crippen molar-refractivity contribution in [3.05, 3.63) is 11.1 Å². The zero-order chi connectivity index (χ0) is 9.26. The summed E-state index contributed by atoms with van der Waals surface area (Å²) in [6.07, 6.45) is 4.44. The fourth-order valence-electron chi connectivity index (χ4n) is 1.78. The molecule has 1 aliphatic heterocycles. The van der Waals surface area contributed by atoms with Gasteiger partial charge in [-0.15, -0.1) is 11.3 Å². The van der Waals surface area contributed by atoms with Gasteiger partial charge < -0.3 is 10.5 Å². The summed E-state index contributed by atoms with van der Waals surface area (Å²) < 4.78 is 0. The van der Waals surface area contributed by atoms with E-state index in [0.29, 0.717) is 11.0 Å². The molecule has 70 valence electrons. The zero-order valence-corrected chi connectivity index (χ0v) is 8.68. The third kappa shape index (κ3) is 2.03. The van der Waals surface area contributed by atoms with Gasteiger partial charge in [0.25, 0.3) is 0 Å². The number of nitrogens with zero attached hydrogens (tertiary/aromatic N) is 2. The Labute approximate surface area is 83.4 Å². The quantitative estimate of drug-likeness (QED) is 0.661. The van der Waals surface area contributed by atoms with Crippen molar-refractivity contribution < 1.29 is 0 Å². The van der Waals surface area contributed by atoms with Crippen molar-refractivity contribution in [3.63, 3.8) is 0 Å². The lowest BCUT2D eigenvalue weighted by atomic mass is 9.94. The molecule has 1 saturated heterocycles. The highest BCUT2D eigenvalue weighted by Gasteiger charge is 2.19. The lowest BCUT2D eigenvalue weighted by Gasteiger charge is -2.28. The minimum Gasteiger partial charge on any atom is -0.375 e. The summed E-state index contributed by atoms with van der Waals surface area (Å²) in [5, 5.41) is 0.703. The Hall–Kier alpha value is -0.545. The van der Waals surface area contributed by atoms with Gasteiger partial charge in [-0.05, 0) is 31.8 Å². The minimum atomic E-state index is 0.700. The summed E-state index contributed by atoms with van der Waals surface area (Å²) in [6.45, 7) is 2.39. The molecule has 1 aromatic rings. The topological polar surface area (TPSA) is 42.2 Å². The van der Waals surface area contributed by atoms with Crippen LogP contribution in [-0.2, 0) is 0 Å². The lowest BCUT2D eigenvalue weighted by molar-refractivity contribution is 0.337. The Balaban J connectivity index is 2.02. The molecule has 13 heavy (non-hydrogen) atoms. The molecule has 0 aliphatic carbocycles. The predicted octanol–water partition coefficient (Wildman–Crippen LogP) is 0.453. The third-order valence-electron chi connectivity index (χ3n) is 2.66. The number of anilines is 1. The average Bonchev–Trinajstić information content (AvgIpc) is 2.53. The van der Waals surface area contributed by atoms with Gasteiger partial charge in [-0.25, -0.2) is 4.98 Å². The van der Waals surface area contributed by atoms with Crippen LogP contribution in [0.25, 0.3) is 0 Å². The van der Waals surface area contributed by atoms with Crippen LogP contribution in [0.1, 0.15) is 23.6 Å². The first-order chi connectivity index (χ1) is 6.25. The van der Waals surface area contributed by atoms with Crippen molar-refractivity contribution in [3.8, 4) is 0 Å². The van der Waals surface area contributed by atoms with Gasteiger partial charge in [0.05, 0.1) is 0 Å². The van der Waals surface area contributed by atoms with Gasteiger partial charge in [-0.3, -0.25) is 0 Å².